The molecule has 3 aliphatic rings. The van der Waals surface area contributed by atoms with Gasteiger partial charge in [-0.2, -0.15) is 0 Å². The van der Waals surface area contributed by atoms with Gasteiger partial charge in [0.25, 0.3) is 0 Å². The van der Waals surface area contributed by atoms with Gasteiger partial charge in [0.05, 0.1) is 37.9 Å². The van der Waals surface area contributed by atoms with E-state index in [1.807, 2.05) is 6.92 Å². The van der Waals surface area contributed by atoms with Gasteiger partial charge in [0, 0.05) is 5.69 Å². The molecular weight excluding hydrogens is 416 g/mol. The summed E-state index contributed by atoms with van der Waals surface area (Å²) in [4.78, 5) is 41.4. The maximum absolute atomic E-state index is 13.6. The molecule has 3 fully saturated rings. The van der Waals surface area contributed by atoms with Gasteiger partial charge >= 0.3 is 5.97 Å². The van der Waals surface area contributed by atoms with Crippen molar-refractivity contribution < 1.29 is 33.7 Å². The van der Waals surface area contributed by atoms with Crippen LogP contribution in [0.5, 0.6) is 5.75 Å². The number of nitrogens with zero attached hydrogens (tertiary/aromatic N) is 1. The Labute approximate surface area is 187 Å². The molecule has 0 saturated carbocycles. The van der Waals surface area contributed by atoms with Crippen LogP contribution in [-0.2, 0) is 23.9 Å². The van der Waals surface area contributed by atoms with Crippen molar-refractivity contribution in [2.45, 2.75) is 56.9 Å². The highest BCUT2D eigenvalue weighted by molar-refractivity contribution is 6.03. The number of rotatable bonds is 7. The lowest BCUT2D eigenvalue weighted by atomic mass is 9.66. The number of anilines is 1. The highest BCUT2D eigenvalue weighted by Gasteiger charge is 2.78. The molecule has 2 amide bonds. The summed E-state index contributed by atoms with van der Waals surface area (Å²) in [6.45, 7) is 5.08. The van der Waals surface area contributed by atoms with E-state index in [2.05, 4.69) is 5.32 Å². The number of aliphatic hydroxyl groups excluding tert-OH is 1. The number of likely N-dealkylation sites (tertiary alicyclic amines) is 1. The topological polar surface area (TPSA) is 114 Å². The average molecular weight is 447 g/mol. The predicted octanol–water partition coefficient (Wildman–Crippen LogP) is 1.34. The standard InChI is InChI=1S/C23H30N2O7/c1-5-31-21(29)17-16-20(28)25(13(2)12-26)18(23(16)11-10-22(17,3)32-23)19(27)24-14-6-8-15(30-4)9-7-14/h6-9,13,16-18,26H,5,10-12H2,1-4H3,(H,24,27)/t13-,16+,17+,18?,22-,23?/m1/s1. The number of aliphatic hydroxyl groups is 1. The minimum atomic E-state index is -1.15. The maximum atomic E-state index is 13.6. The van der Waals surface area contributed by atoms with Crippen LogP contribution in [0, 0.1) is 11.8 Å². The smallest absolute Gasteiger partial charge is 0.312 e. The van der Waals surface area contributed by atoms with E-state index in [4.69, 9.17) is 14.2 Å². The Morgan fingerprint density at radius 1 is 1.31 bits per heavy atom. The number of nitrogens with one attached hydrogen (secondary N) is 1. The molecule has 6 atom stereocenters. The molecule has 9 heteroatoms. The van der Waals surface area contributed by atoms with Crippen LogP contribution in [0.3, 0.4) is 0 Å². The molecule has 1 spiro atoms. The molecule has 32 heavy (non-hydrogen) atoms. The minimum absolute atomic E-state index is 0.192. The number of fused-ring (bicyclic) bond motifs is 1. The molecule has 2 N–H and O–H groups in total. The summed E-state index contributed by atoms with van der Waals surface area (Å²) in [7, 11) is 1.56. The third kappa shape index (κ3) is 3.17. The number of hydrogen-bond donors (Lipinski definition) is 2. The van der Waals surface area contributed by atoms with E-state index >= 15 is 0 Å². The van der Waals surface area contributed by atoms with Gasteiger partial charge in [-0.3, -0.25) is 14.4 Å². The summed E-state index contributed by atoms with van der Waals surface area (Å²) in [6, 6.07) is 5.26. The molecule has 1 aromatic carbocycles. The van der Waals surface area contributed by atoms with Gasteiger partial charge < -0.3 is 29.5 Å². The summed E-state index contributed by atoms with van der Waals surface area (Å²) >= 11 is 0. The average Bonchev–Trinajstić information content (AvgIpc) is 3.34. The van der Waals surface area contributed by atoms with Crippen LogP contribution < -0.4 is 10.1 Å². The van der Waals surface area contributed by atoms with Crippen LogP contribution >= 0.6 is 0 Å². The van der Waals surface area contributed by atoms with Crippen molar-refractivity contribution in [2.24, 2.45) is 11.8 Å². The van der Waals surface area contributed by atoms with E-state index in [1.165, 1.54) is 4.90 Å². The first-order valence-electron chi connectivity index (χ1n) is 11.0. The molecule has 0 aromatic heterocycles. The van der Waals surface area contributed by atoms with Crippen molar-refractivity contribution in [2.75, 3.05) is 25.6 Å². The molecule has 0 radical (unpaired) electrons. The fraction of sp³-hybridized carbons (Fsp3) is 0.609. The Morgan fingerprint density at radius 3 is 2.59 bits per heavy atom. The van der Waals surface area contributed by atoms with Gasteiger partial charge in [-0.1, -0.05) is 0 Å². The molecule has 1 aromatic rings. The first-order chi connectivity index (χ1) is 15.2. The number of esters is 1. The number of ether oxygens (including phenoxy) is 3. The summed E-state index contributed by atoms with van der Waals surface area (Å²) in [5.74, 6) is -2.24. The normalized spacial score (nSPS) is 33.7. The molecule has 174 valence electrons. The third-order valence-corrected chi connectivity index (χ3v) is 7.10. The summed E-state index contributed by atoms with van der Waals surface area (Å²) < 4.78 is 16.9. The van der Waals surface area contributed by atoms with E-state index in [9.17, 15) is 19.5 Å². The zero-order valence-electron chi connectivity index (χ0n) is 18.8. The number of carbonyl (C=O) groups is 3. The monoisotopic (exact) mass is 446 g/mol. The number of hydrogen-bond acceptors (Lipinski definition) is 7. The van der Waals surface area contributed by atoms with Crippen molar-refractivity contribution in [1.82, 2.24) is 4.90 Å². The predicted molar refractivity (Wildman–Crippen MR) is 114 cm³/mol. The quantitative estimate of drug-likeness (QED) is 0.608. The molecular formula is C23H30N2O7. The second kappa shape index (κ2) is 8.04. The van der Waals surface area contributed by atoms with E-state index in [1.54, 1.807) is 45.2 Å². The molecule has 4 rings (SSSR count). The lowest BCUT2D eigenvalue weighted by molar-refractivity contribution is -0.159. The summed E-state index contributed by atoms with van der Waals surface area (Å²) in [5, 5.41) is 12.7. The van der Waals surface area contributed by atoms with Crippen LogP contribution in [0.25, 0.3) is 0 Å². The maximum Gasteiger partial charge on any atom is 0.312 e. The number of amides is 2. The SMILES string of the molecule is CCOC(=O)[C@@H]1[C@H]2C(=O)N([C@H](C)CO)C(C(=O)Nc3ccc(OC)cc3)C23CC[C@@]1(C)O3. The van der Waals surface area contributed by atoms with Crippen LogP contribution in [0.2, 0.25) is 0 Å². The van der Waals surface area contributed by atoms with Crippen molar-refractivity contribution in [3.8, 4) is 5.75 Å². The second-order valence-electron chi connectivity index (χ2n) is 8.97. The Hall–Kier alpha value is -2.65. The van der Waals surface area contributed by atoms with Crippen molar-refractivity contribution in [3.63, 3.8) is 0 Å². The van der Waals surface area contributed by atoms with Gasteiger partial charge in [0.15, 0.2) is 0 Å². The lowest BCUT2D eigenvalue weighted by Gasteiger charge is -2.35. The van der Waals surface area contributed by atoms with E-state index in [0.29, 0.717) is 24.3 Å². The fourth-order valence-electron chi connectivity index (χ4n) is 5.70. The summed E-state index contributed by atoms with van der Waals surface area (Å²) in [5.41, 5.74) is -1.48. The molecule has 2 bridgehead atoms. The number of methoxy groups -OCH3 is 1. The third-order valence-electron chi connectivity index (χ3n) is 7.10. The van der Waals surface area contributed by atoms with Crippen LogP contribution in [0.15, 0.2) is 24.3 Å². The zero-order chi connectivity index (χ0) is 23.3. The Kier molecular flexibility index (Phi) is 5.67. The van der Waals surface area contributed by atoms with Gasteiger partial charge in [0.1, 0.15) is 23.3 Å². The molecule has 3 aliphatic heterocycles. The molecule has 0 aliphatic carbocycles. The fourth-order valence-corrected chi connectivity index (χ4v) is 5.70. The van der Waals surface area contributed by atoms with Crippen molar-refractivity contribution in [3.05, 3.63) is 24.3 Å². The van der Waals surface area contributed by atoms with E-state index in [-0.39, 0.29) is 19.1 Å². The second-order valence-corrected chi connectivity index (χ2v) is 8.97. The lowest BCUT2D eigenvalue weighted by Crippen LogP contribution is -2.55. The molecule has 3 heterocycles. The highest BCUT2D eigenvalue weighted by atomic mass is 16.6. The molecule has 9 nitrogen and oxygen atoms in total. The zero-order valence-corrected chi connectivity index (χ0v) is 18.8. The van der Waals surface area contributed by atoms with Gasteiger partial charge in [-0.25, -0.2) is 0 Å². The molecule has 3 saturated heterocycles. The van der Waals surface area contributed by atoms with Crippen molar-refractivity contribution in [1.29, 1.82) is 0 Å². The summed E-state index contributed by atoms with van der Waals surface area (Å²) in [6.07, 6.45) is 0.999. The van der Waals surface area contributed by atoms with Crippen LogP contribution in [0.4, 0.5) is 5.69 Å². The van der Waals surface area contributed by atoms with Gasteiger partial charge in [0.2, 0.25) is 11.8 Å². The Balaban J connectivity index is 1.72. The van der Waals surface area contributed by atoms with E-state index in [0.717, 1.165) is 0 Å². The van der Waals surface area contributed by atoms with Crippen molar-refractivity contribution >= 4 is 23.5 Å². The van der Waals surface area contributed by atoms with E-state index < -0.39 is 47.0 Å². The number of benzene rings is 1. The largest absolute Gasteiger partial charge is 0.497 e. The van der Waals surface area contributed by atoms with Gasteiger partial charge in [-0.15, -0.1) is 0 Å². The first-order valence-corrected chi connectivity index (χ1v) is 11.0. The van der Waals surface area contributed by atoms with Crippen LogP contribution in [0.1, 0.15) is 33.6 Å². The Bertz CT molecular complexity index is 919. The molecule has 2 unspecified atom stereocenters. The van der Waals surface area contributed by atoms with Gasteiger partial charge in [-0.05, 0) is 57.9 Å². The minimum Gasteiger partial charge on any atom is -0.497 e. The number of carbonyl (C=O) groups excluding carboxylic acids is 3. The first kappa shape index (κ1) is 22.5. The highest BCUT2D eigenvalue weighted by Crippen LogP contribution is 2.63. The van der Waals surface area contributed by atoms with Crippen LogP contribution in [-0.4, -0.2) is 71.4 Å². The Morgan fingerprint density at radius 2 is 2.00 bits per heavy atom.